The number of hydrogen-bond acceptors (Lipinski definition) is 5. The fourth-order valence-corrected chi connectivity index (χ4v) is 1.71. The number of aliphatic carboxylic acids is 1. The quantitative estimate of drug-likeness (QED) is 0.586. The number of carboxylic acids is 1. The highest BCUT2D eigenvalue weighted by Gasteiger charge is 2.24. The number of ether oxygens (including phenoxy) is 2. The molecule has 0 bridgehead atoms. The van der Waals surface area contributed by atoms with Gasteiger partial charge in [0.05, 0.1) is 12.3 Å². The van der Waals surface area contributed by atoms with E-state index in [0.717, 1.165) is 0 Å². The van der Waals surface area contributed by atoms with Gasteiger partial charge in [0.2, 0.25) is 0 Å². The van der Waals surface area contributed by atoms with Crippen LogP contribution in [-0.2, 0) is 9.53 Å². The number of carbonyl (C=O) groups excluding carboxylic acids is 1. The number of carboxylic acid groups (broad SMARTS) is 1. The summed E-state index contributed by atoms with van der Waals surface area (Å²) in [4.78, 5) is 23.1. The van der Waals surface area contributed by atoms with E-state index < -0.39 is 18.0 Å². The average Bonchev–Trinajstić information content (AvgIpc) is 2.40. The van der Waals surface area contributed by atoms with Crippen LogP contribution in [0.1, 0.15) is 37.0 Å². The molecule has 0 radical (unpaired) electrons. The lowest BCUT2D eigenvalue weighted by Crippen LogP contribution is -2.27. The van der Waals surface area contributed by atoms with Crippen LogP contribution in [0.5, 0.6) is 5.75 Å². The van der Waals surface area contributed by atoms with E-state index in [1.165, 1.54) is 6.07 Å². The maximum atomic E-state index is 12.1. The van der Waals surface area contributed by atoms with Gasteiger partial charge in [-0.25, -0.2) is 9.59 Å². The van der Waals surface area contributed by atoms with Crippen LogP contribution in [0.3, 0.4) is 0 Å². The highest BCUT2D eigenvalue weighted by atomic mass is 16.6. The predicted molar refractivity (Wildman–Crippen MR) is 73.8 cm³/mol. The smallest absolute Gasteiger partial charge is 0.345 e. The molecule has 0 amide bonds. The summed E-state index contributed by atoms with van der Waals surface area (Å²) in [5, 5.41) is 8.99. The van der Waals surface area contributed by atoms with Crippen LogP contribution in [0.25, 0.3) is 0 Å². The number of carbonyl (C=O) groups is 2. The van der Waals surface area contributed by atoms with Crippen molar-refractivity contribution >= 4 is 17.6 Å². The van der Waals surface area contributed by atoms with E-state index in [4.69, 9.17) is 20.3 Å². The molecule has 1 unspecified atom stereocenters. The van der Waals surface area contributed by atoms with Gasteiger partial charge in [-0.2, -0.15) is 0 Å². The first-order valence-corrected chi connectivity index (χ1v) is 6.46. The molecule has 0 fully saturated rings. The lowest BCUT2D eigenvalue weighted by Gasteiger charge is -2.15. The Bertz CT molecular complexity index is 486. The van der Waals surface area contributed by atoms with E-state index >= 15 is 0 Å². The number of hydrogen-bond donors (Lipinski definition) is 2. The van der Waals surface area contributed by atoms with Gasteiger partial charge in [-0.05, 0) is 25.5 Å². The first-order chi connectivity index (χ1) is 9.51. The standard InChI is InChI=1S/C14H19NO5/c1-3-6-11(13(16)17)20-14(18)9-7-5-8-10(15)12(9)19-4-2/h5,7-8,11H,3-4,6,15H2,1-2H3,(H,16,17). The minimum absolute atomic E-state index is 0.134. The molecule has 110 valence electrons. The van der Waals surface area contributed by atoms with E-state index in [2.05, 4.69) is 0 Å². The molecule has 0 heterocycles. The number of nitrogens with two attached hydrogens (primary N) is 1. The summed E-state index contributed by atoms with van der Waals surface area (Å²) in [5.41, 5.74) is 6.19. The zero-order valence-corrected chi connectivity index (χ0v) is 11.6. The van der Waals surface area contributed by atoms with Gasteiger partial charge in [0.1, 0.15) is 5.56 Å². The van der Waals surface area contributed by atoms with Gasteiger partial charge < -0.3 is 20.3 Å². The third-order valence-corrected chi connectivity index (χ3v) is 2.63. The van der Waals surface area contributed by atoms with Crippen molar-refractivity contribution in [2.24, 2.45) is 0 Å². The highest BCUT2D eigenvalue weighted by molar-refractivity contribution is 5.95. The van der Waals surface area contributed by atoms with Crippen molar-refractivity contribution < 1.29 is 24.2 Å². The SMILES string of the molecule is CCCC(OC(=O)c1cccc(N)c1OCC)C(=O)O. The second kappa shape index (κ2) is 7.37. The van der Waals surface area contributed by atoms with Gasteiger partial charge in [0.25, 0.3) is 0 Å². The molecule has 0 spiro atoms. The van der Waals surface area contributed by atoms with Crippen molar-refractivity contribution in [2.75, 3.05) is 12.3 Å². The van der Waals surface area contributed by atoms with Crippen LogP contribution in [0.4, 0.5) is 5.69 Å². The molecular formula is C14H19NO5. The fraction of sp³-hybridized carbons (Fsp3) is 0.429. The number of rotatable bonds is 7. The molecule has 1 rings (SSSR count). The minimum atomic E-state index is -1.16. The first kappa shape index (κ1) is 15.8. The molecule has 1 aromatic carbocycles. The molecule has 3 N–H and O–H groups in total. The average molecular weight is 281 g/mol. The van der Waals surface area contributed by atoms with Gasteiger partial charge in [-0.15, -0.1) is 0 Å². The van der Waals surface area contributed by atoms with Crippen molar-refractivity contribution in [3.8, 4) is 5.75 Å². The summed E-state index contributed by atoms with van der Waals surface area (Å²) in [7, 11) is 0. The summed E-state index contributed by atoms with van der Waals surface area (Å²) in [6, 6.07) is 4.68. The number of nitrogen functional groups attached to an aromatic ring is 1. The number of anilines is 1. The molecule has 0 saturated carbocycles. The molecule has 0 aliphatic heterocycles. The Balaban J connectivity index is 2.96. The largest absolute Gasteiger partial charge is 0.491 e. The van der Waals surface area contributed by atoms with Crippen LogP contribution in [-0.4, -0.2) is 29.8 Å². The number of para-hydroxylation sites is 1. The van der Waals surface area contributed by atoms with Gasteiger partial charge in [0.15, 0.2) is 11.9 Å². The molecule has 6 heteroatoms. The van der Waals surface area contributed by atoms with E-state index in [-0.39, 0.29) is 17.7 Å². The fourth-order valence-electron chi connectivity index (χ4n) is 1.71. The van der Waals surface area contributed by atoms with E-state index in [0.29, 0.717) is 18.7 Å². The minimum Gasteiger partial charge on any atom is -0.491 e. The maximum absolute atomic E-state index is 12.1. The summed E-state index contributed by atoms with van der Waals surface area (Å²) in [6.45, 7) is 3.92. The Labute approximate surface area is 117 Å². The van der Waals surface area contributed by atoms with Crippen LogP contribution >= 0.6 is 0 Å². The molecule has 0 aliphatic carbocycles. The topological polar surface area (TPSA) is 98.9 Å². The van der Waals surface area contributed by atoms with Crippen molar-refractivity contribution in [3.63, 3.8) is 0 Å². The van der Waals surface area contributed by atoms with Crippen molar-refractivity contribution in [1.29, 1.82) is 0 Å². The van der Waals surface area contributed by atoms with Crippen molar-refractivity contribution in [1.82, 2.24) is 0 Å². The van der Waals surface area contributed by atoms with Crippen LogP contribution in [0, 0.1) is 0 Å². The predicted octanol–water partition coefficient (Wildman–Crippen LogP) is 2.08. The molecule has 1 aromatic rings. The van der Waals surface area contributed by atoms with E-state index in [9.17, 15) is 9.59 Å². The Hall–Kier alpha value is -2.24. The maximum Gasteiger partial charge on any atom is 0.345 e. The zero-order valence-electron chi connectivity index (χ0n) is 11.6. The summed E-state index contributed by atoms with van der Waals surface area (Å²) >= 11 is 0. The molecule has 6 nitrogen and oxygen atoms in total. The van der Waals surface area contributed by atoms with Crippen LogP contribution in [0.2, 0.25) is 0 Å². The second-order valence-corrected chi connectivity index (χ2v) is 4.18. The molecular weight excluding hydrogens is 262 g/mol. The Morgan fingerprint density at radius 3 is 2.60 bits per heavy atom. The van der Waals surface area contributed by atoms with Crippen LogP contribution < -0.4 is 10.5 Å². The normalized spacial score (nSPS) is 11.7. The summed E-state index contributed by atoms with van der Waals surface area (Å²) < 4.78 is 10.3. The summed E-state index contributed by atoms with van der Waals surface area (Å²) in [6.07, 6.45) is -0.309. The van der Waals surface area contributed by atoms with E-state index in [1.807, 2.05) is 6.92 Å². The number of esters is 1. The van der Waals surface area contributed by atoms with Crippen molar-refractivity contribution in [2.45, 2.75) is 32.8 Å². The highest BCUT2D eigenvalue weighted by Crippen LogP contribution is 2.27. The third-order valence-electron chi connectivity index (χ3n) is 2.63. The monoisotopic (exact) mass is 281 g/mol. The number of benzene rings is 1. The Morgan fingerprint density at radius 1 is 1.35 bits per heavy atom. The lowest BCUT2D eigenvalue weighted by atomic mass is 10.1. The molecule has 0 aromatic heterocycles. The van der Waals surface area contributed by atoms with Gasteiger partial charge in [0, 0.05) is 0 Å². The molecule has 20 heavy (non-hydrogen) atoms. The first-order valence-electron chi connectivity index (χ1n) is 6.46. The second-order valence-electron chi connectivity index (χ2n) is 4.18. The van der Waals surface area contributed by atoms with Crippen LogP contribution in [0.15, 0.2) is 18.2 Å². The van der Waals surface area contributed by atoms with E-state index in [1.54, 1.807) is 19.1 Å². The Kier molecular flexibility index (Phi) is 5.83. The van der Waals surface area contributed by atoms with Gasteiger partial charge in [-0.3, -0.25) is 0 Å². The van der Waals surface area contributed by atoms with Gasteiger partial charge >= 0.3 is 11.9 Å². The van der Waals surface area contributed by atoms with Crippen molar-refractivity contribution in [3.05, 3.63) is 23.8 Å². The third kappa shape index (κ3) is 3.88. The lowest BCUT2D eigenvalue weighted by molar-refractivity contribution is -0.147. The molecule has 0 saturated heterocycles. The molecule has 1 atom stereocenters. The Morgan fingerprint density at radius 2 is 2.05 bits per heavy atom. The van der Waals surface area contributed by atoms with Gasteiger partial charge in [-0.1, -0.05) is 19.4 Å². The summed E-state index contributed by atoms with van der Waals surface area (Å²) in [5.74, 6) is -1.69. The zero-order chi connectivity index (χ0) is 15.1. The molecule has 0 aliphatic rings.